The van der Waals surface area contributed by atoms with E-state index in [4.69, 9.17) is 0 Å². The van der Waals surface area contributed by atoms with E-state index < -0.39 is 0 Å². The van der Waals surface area contributed by atoms with Crippen LogP contribution in [0.3, 0.4) is 0 Å². The van der Waals surface area contributed by atoms with Gasteiger partial charge in [-0.1, -0.05) is 36.1 Å². The number of hydrogen-bond acceptors (Lipinski definition) is 5. The molecule has 3 nitrogen and oxygen atoms in total. The van der Waals surface area contributed by atoms with Gasteiger partial charge in [-0.3, -0.25) is 0 Å². The fraction of sp³-hybridized carbons (Fsp3) is 0.273. The van der Waals surface area contributed by atoms with Crippen LogP contribution in [0.25, 0.3) is 0 Å². The van der Waals surface area contributed by atoms with Gasteiger partial charge in [-0.05, 0) is 18.7 Å². The Kier molecular flexibility index (Phi) is 4.47. The summed E-state index contributed by atoms with van der Waals surface area (Å²) in [5.41, 5.74) is 2.36. The van der Waals surface area contributed by atoms with E-state index in [1.165, 1.54) is 29.2 Å². The van der Waals surface area contributed by atoms with Gasteiger partial charge < -0.3 is 5.32 Å². The third-order valence-electron chi connectivity index (χ3n) is 2.16. The number of benzene rings is 1. The standard InChI is InChI=1S/C11H12FN3S2/c1-2-13-6-8-9(12)4-3-5-10(8)17-11-15-14-7-16-11/h3-5,7,13H,2,6H2,1H3. The first-order chi connectivity index (χ1) is 8.31. The molecular weight excluding hydrogens is 257 g/mol. The van der Waals surface area contributed by atoms with E-state index in [9.17, 15) is 4.39 Å². The Morgan fingerprint density at radius 2 is 2.35 bits per heavy atom. The smallest absolute Gasteiger partial charge is 0.178 e. The van der Waals surface area contributed by atoms with Gasteiger partial charge in [-0.15, -0.1) is 10.2 Å². The first-order valence-electron chi connectivity index (χ1n) is 5.23. The molecule has 0 aliphatic heterocycles. The topological polar surface area (TPSA) is 37.8 Å². The molecule has 2 rings (SSSR count). The molecule has 0 aliphatic rings. The molecule has 1 N–H and O–H groups in total. The van der Waals surface area contributed by atoms with E-state index in [1.807, 2.05) is 13.0 Å². The van der Waals surface area contributed by atoms with Crippen molar-refractivity contribution in [2.45, 2.75) is 22.7 Å². The zero-order chi connectivity index (χ0) is 12.1. The van der Waals surface area contributed by atoms with Crippen LogP contribution in [0.5, 0.6) is 0 Å². The summed E-state index contributed by atoms with van der Waals surface area (Å²) in [5.74, 6) is -0.180. The van der Waals surface area contributed by atoms with Gasteiger partial charge in [0.05, 0.1) is 0 Å². The minimum atomic E-state index is -0.180. The van der Waals surface area contributed by atoms with Gasteiger partial charge in [0, 0.05) is 17.0 Å². The Bertz CT molecular complexity index is 474. The Labute approximate surface area is 107 Å². The minimum Gasteiger partial charge on any atom is -0.313 e. The molecule has 2 aromatic rings. The number of halogens is 1. The van der Waals surface area contributed by atoms with Crippen LogP contribution in [-0.2, 0) is 6.54 Å². The molecular formula is C11H12FN3S2. The Morgan fingerprint density at radius 1 is 1.47 bits per heavy atom. The summed E-state index contributed by atoms with van der Waals surface area (Å²) in [6, 6.07) is 5.10. The summed E-state index contributed by atoms with van der Waals surface area (Å²) in [4.78, 5) is 0.891. The highest BCUT2D eigenvalue weighted by Crippen LogP contribution is 2.32. The van der Waals surface area contributed by atoms with E-state index in [2.05, 4.69) is 15.5 Å². The number of nitrogens with one attached hydrogen (secondary N) is 1. The van der Waals surface area contributed by atoms with E-state index in [-0.39, 0.29) is 5.82 Å². The lowest BCUT2D eigenvalue weighted by molar-refractivity contribution is 0.585. The first-order valence-corrected chi connectivity index (χ1v) is 6.93. The zero-order valence-corrected chi connectivity index (χ0v) is 10.9. The third kappa shape index (κ3) is 3.24. The number of aromatic nitrogens is 2. The number of rotatable bonds is 5. The lowest BCUT2D eigenvalue weighted by atomic mass is 10.2. The summed E-state index contributed by atoms with van der Waals surface area (Å²) < 4.78 is 14.5. The second-order valence-corrected chi connectivity index (χ2v) is 5.43. The second-order valence-electron chi connectivity index (χ2n) is 3.30. The molecule has 0 unspecified atom stereocenters. The highest BCUT2D eigenvalue weighted by atomic mass is 32.2. The molecule has 0 saturated carbocycles. The van der Waals surface area contributed by atoms with Crippen molar-refractivity contribution in [1.29, 1.82) is 0 Å². The van der Waals surface area contributed by atoms with Gasteiger partial charge in [-0.2, -0.15) is 0 Å². The predicted octanol–water partition coefficient (Wildman–Crippen LogP) is 2.94. The van der Waals surface area contributed by atoms with Crippen molar-refractivity contribution in [3.05, 3.63) is 35.1 Å². The lowest BCUT2D eigenvalue weighted by Gasteiger charge is -2.09. The molecule has 0 atom stereocenters. The molecule has 1 aromatic carbocycles. The van der Waals surface area contributed by atoms with Gasteiger partial charge in [0.1, 0.15) is 11.3 Å². The molecule has 90 valence electrons. The van der Waals surface area contributed by atoms with Crippen molar-refractivity contribution < 1.29 is 4.39 Å². The van der Waals surface area contributed by atoms with Gasteiger partial charge in [0.25, 0.3) is 0 Å². The van der Waals surface area contributed by atoms with Crippen molar-refractivity contribution in [1.82, 2.24) is 15.5 Å². The molecule has 0 amide bonds. The molecule has 0 bridgehead atoms. The van der Waals surface area contributed by atoms with Gasteiger partial charge in [0.15, 0.2) is 4.34 Å². The zero-order valence-electron chi connectivity index (χ0n) is 9.31. The van der Waals surface area contributed by atoms with Crippen molar-refractivity contribution in [2.75, 3.05) is 6.54 Å². The van der Waals surface area contributed by atoms with Crippen LogP contribution in [0.15, 0.2) is 32.9 Å². The van der Waals surface area contributed by atoms with Crippen molar-refractivity contribution >= 4 is 23.1 Å². The minimum absolute atomic E-state index is 0.180. The molecule has 17 heavy (non-hydrogen) atoms. The quantitative estimate of drug-likeness (QED) is 0.905. The summed E-state index contributed by atoms with van der Waals surface area (Å²) in [5, 5.41) is 10.9. The van der Waals surface area contributed by atoms with Crippen LogP contribution in [0.1, 0.15) is 12.5 Å². The Hall–Kier alpha value is -0.980. The number of nitrogens with zero attached hydrogens (tertiary/aromatic N) is 2. The SMILES string of the molecule is CCNCc1c(F)cccc1Sc1nncs1. The molecule has 1 heterocycles. The van der Waals surface area contributed by atoms with Crippen molar-refractivity contribution in [2.24, 2.45) is 0 Å². The summed E-state index contributed by atoms with van der Waals surface area (Å²) >= 11 is 2.90. The van der Waals surface area contributed by atoms with Crippen LogP contribution < -0.4 is 5.32 Å². The van der Waals surface area contributed by atoms with Crippen molar-refractivity contribution in [3.63, 3.8) is 0 Å². The second kappa shape index (κ2) is 6.09. The molecule has 0 radical (unpaired) electrons. The molecule has 6 heteroatoms. The van der Waals surface area contributed by atoms with Gasteiger partial charge in [0.2, 0.25) is 0 Å². The molecule has 0 spiro atoms. The molecule has 0 fully saturated rings. The number of hydrogen-bond donors (Lipinski definition) is 1. The monoisotopic (exact) mass is 269 g/mol. The predicted molar refractivity (Wildman–Crippen MR) is 67.8 cm³/mol. The van der Waals surface area contributed by atoms with E-state index in [0.29, 0.717) is 12.1 Å². The Balaban J connectivity index is 2.23. The lowest BCUT2D eigenvalue weighted by Crippen LogP contribution is -2.13. The van der Waals surface area contributed by atoms with Gasteiger partial charge >= 0.3 is 0 Å². The van der Waals surface area contributed by atoms with E-state index >= 15 is 0 Å². The van der Waals surface area contributed by atoms with Gasteiger partial charge in [-0.25, -0.2) is 4.39 Å². The third-order valence-corrected chi connectivity index (χ3v) is 4.05. The molecule has 0 saturated heterocycles. The molecule has 1 aromatic heterocycles. The van der Waals surface area contributed by atoms with E-state index in [1.54, 1.807) is 11.6 Å². The highest BCUT2D eigenvalue weighted by Gasteiger charge is 2.10. The van der Waals surface area contributed by atoms with Crippen molar-refractivity contribution in [3.8, 4) is 0 Å². The maximum Gasteiger partial charge on any atom is 0.178 e. The normalized spacial score (nSPS) is 10.7. The van der Waals surface area contributed by atoms with Crippen LogP contribution in [0, 0.1) is 5.82 Å². The maximum atomic E-state index is 13.7. The summed E-state index contributed by atoms with van der Waals surface area (Å²) in [6.45, 7) is 3.35. The highest BCUT2D eigenvalue weighted by molar-refractivity contribution is 8.01. The molecule has 0 aliphatic carbocycles. The van der Waals surface area contributed by atoms with Crippen LogP contribution in [-0.4, -0.2) is 16.7 Å². The van der Waals surface area contributed by atoms with E-state index in [0.717, 1.165) is 15.8 Å². The van der Waals surface area contributed by atoms with Crippen LogP contribution in [0.4, 0.5) is 4.39 Å². The first kappa shape index (κ1) is 12.5. The average molecular weight is 269 g/mol. The Morgan fingerprint density at radius 3 is 3.06 bits per heavy atom. The fourth-order valence-corrected chi connectivity index (χ4v) is 2.94. The summed E-state index contributed by atoms with van der Waals surface area (Å²) in [6.07, 6.45) is 0. The van der Waals surface area contributed by atoms with Crippen LogP contribution in [0.2, 0.25) is 0 Å². The average Bonchev–Trinajstić information content (AvgIpc) is 2.81. The fourth-order valence-electron chi connectivity index (χ4n) is 1.36. The summed E-state index contributed by atoms with van der Waals surface area (Å²) in [7, 11) is 0. The maximum absolute atomic E-state index is 13.7. The largest absolute Gasteiger partial charge is 0.313 e. The van der Waals surface area contributed by atoms with Crippen LogP contribution >= 0.6 is 23.1 Å².